The monoisotopic (exact) mass is 286 g/mol. The van der Waals surface area contributed by atoms with Gasteiger partial charge < -0.3 is 0 Å². The van der Waals surface area contributed by atoms with Crippen molar-refractivity contribution in [2.75, 3.05) is 13.1 Å². The maximum Gasteiger partial charge on any atom is 0.303 e. The zero-order chi connectivity index (χ0) is 13.9. The van der Waals surface area contributed by atoms with E-state index in [1.54, 1.807) is 0 Å². The molecule has 5 nitrogen and oxygen atoms in total. The summed E-state index contributed by atoms with van der Waals surface area (Å²) in [5, 5.41) is 0. The number of unbranched alkanes of at least 4 members (excludes halogenated alkanes) is 3. The number of nitrogens with one attached hydrogen (secondary N) is 1. The molecule has 0 aromatic rings. The van der Waals surface area contributed by atoms with Crippen LogP contribution in [0.1, 0.15) is 39.0 Å². The molecule has 19 heavy (non-hydrogen) atoms. The second-order valence-electron chi connectivity index (χ2n) is 5.30. The van der Waals surface area contributed by atoms with Gasteiger partial charge in [0, 0.05) is 19.0 Å². The van der Waals surface area contributed by atoms with Crippen LogP contribution in [0, 0.1) is 11.8 Å². The summed E-state index contributed by atoms with van der Waals surface area (Å²) < 4.78 is 26.5. The highest BCUT2D eigenvalue weighted by molar-refractivity contribution is 7.87. The third-order valence-electron chi connectivity index (χ3n) is 3.51. The molecule has 1 aliphatic heterocycles. The van der Waals surface area contributed by atoms with E-state index >= 15 is 0 Å². The topological polar surface area (TPSA) is 66.2 Å². The van der Waals surface area contributed by atoms with Gasteiger partial charge in [0.05, 0.1) is 0 Å². The van der Waals surface area contributed by atoms with E-state index < -0.39 is 10.2 Å². The van der Waals surface area contributed by atoms with Crippen molar-refractivity contribution in [2.45, 2.75) is 39.0 Å². The summed E-state index contributed by atoms with van der Waals surface area (Å²) in [5.74, 6) is -0.279. The van der Waals surface area contributed by atoms with Crippen molar-refractivity contribution >= 4 is 16.1 Å². The van der Waals surface area contributed by atoms with E-state index in [0.717, 1.165) is 12.8 Å². The van der Waals surface area contributed by atoms with Crippen LogP contribution in [0.2, 0.25) is 0 Å². The number of hydrogen-bond acceptors (Lipinski definition) is 3. The lowest BCUT2D eigenvalue weighted by molar-refractivity contribution is -0.120. The molecular weight excluding hydrogens is 264 g/mol. The standard InChI is InChI=1S/C13H22N2O3S/c1-2-3-4-5-6-7-11-10-12(11)13(16)14-19(17,18)15-8-9-15/h6-7,11-12H,2-5,8-10H2,1H3,(H,14,16)/b7-6-/t11-,12+/m1/s1. The summed E-state index contributed by atoms with van der Waals surface area (Å²) in [7, 11) is -3.54. The Morgan fingerprint density at radius 2 is 2.11 bits per heavy atom. The normalized spacial score (nSPS) is 26.6. The molecule has 0 aromatic carbocycles. The predicted octanol–water partition coefficient (Wildman–Crippen LogP) is 1.44. The minimum absolute atomic E-state index is 0.155. The average Bonchev–Trinajstić information content (AvgIpc) is 3.21. The summed E-state index contributed by atoms with van der Waals surface area (Å²) in [4.78, 5) is 11.7. The highest BCUT2D eigenvalue weighted by Gasteiger charge is 2.44. The zero-order valence-electron chi connectivity index (χ0n) is 11.3. The van der Waals surface area contributed by atoms with E-state index in [2.05, 4.69) is 23.8 Å². The molecule has 0 aromatic heterocycles. The molecule has 108 valence electrons. The molecule has 2 fully saturated rings. The van der Waals surface area contributed by atoms with Crippen LogP contribution >= 0.6 is 0 Å². The molecule has 6 heteroatoms. The Hall–Kier alpha value is -0.880. The Labute approximate surface area is 115 Å². The van der Waals surface area contributed by atoms with Gasteiger partial charge in [0.2, 0.25) is 5.91 Å². The van der Waals surface area contributed by atoms with Crippen molar-refractivity contribution in [3.63, 3.8) is 0 Å². The third kappa shape index (κ3) is 4.31. The maximum atomic E-state index is 11.7. The van der Waals surface area contributed by atoms with Crippen molar-refractivity contribution in [2.24, 2.45) is 11.8 Å². The van der Waals surface area contributed by atoms with Gasteiger partial charge in [0.1, 0.15) is 0 Å². The van der Waals surface area contributed by atoms with E-state index in [9.17, 15) is 13.2 Å². The van der Waals surface area contributed by atoms with Gasteiger partial charge in [0.15, 0.2) is 0 Å². The number of amides is 1. The van der Waals surface area contributed by atoms with Crippen LogP contribution < -0.4 is 4.72 Å². The van der Waals surface area contributed by atoms with E-state index in [4.69, 9.17) is 0 Å². The molecule has 0 spiro atoms. The molecule has 2 atom stereocenters. The molecule has 2 rings (SSSR count). The van der Waals surface area contributed by atoms with Gasteiger partial charge in [-0.05, 0) is 25.2 Å². The first-order chi connectivity index (χ1) is 9.04. The summed E-state index contributed by atoms with van der Waals surface area (Å²) in [6.07, 6.45) is 9.61. The zero-order valence-corrected chi connectivity index (χ0v) is 12.2. The van der Waals surface area contributed by atoms with E-state index in [1.165, 1.54) is 23.6 Å². The van der Waals surface area contributed by atoms with Gasteiger partial charge in [0.25, 0.3) is 0 Å². The van der Waals surface area contributed by atoms with Crippen LogP contribution in [0.4, 0.5) is 0 Å². The first kappa shape index (κ1) is 14.5. The van der Waals surface area contributed by atoms with Crippen LogP contribution in [-0.4, -0.2) is 31.7 Å². The molecule has 1 N–H and O–H groups in total. The molecule has 0 bridgehead atoms. The summed E-state index contributed by atoms with van der Waals surface area (Å²) >= 11 is 0. The minimum atomic E-state index is -3.54. The van der Waals surface area contributed by atoms with Gasteiger partial charge >= 0.3 is 10.2 Å². The Balaban J connectivity index is 1.69. The SMILES string of the molecule is CCCCC/C=C\[C@@H]1C[C@@H]1C(=O)NS(=O)(=O)N1CC1. The molecule has 1 aliphatic carbocycles. The van der Waals surface area contributed by atoms with Crippen molar-refractivity contribution in [3.05, 3.63) is 12.2 Å². The van der Waals surface area contributed by atoms with Gasteiger partial charge in [-0.2, -0.15) is 12.7 Å². The molecule has 2 aliphatic rings. The van der Waals surface area contributed by atoms with E-state index in [1.807, 2.05) is 0 Å². The maximum absolute atomic E-state index is 11.7. The van der Waals surface area contributed by atoms with Gasteiger partial charge in [-0.1, -0.05) is 31.9 Å². The summed E-state index contributed by atoms with van der Waals surface area (Å²) in [5.41, 5.74) is 0. The number of nitrogens with zero attached hydrogens (tertiary/aromatic N) is 1. The molecule has 0 unspecified atom stereocenters. The Bertz CT molecular complexity index is 455. The molecule has 1 amide bonds. The minimum Gasteiger partial charge on any atom is -0.274 e. The van der Waals surface area contributed by atoms with Crippen molar-refractivity contribution in [3.8, 4) is 0 Å². The van der Waals surface area contributed by atoms with E-state index in [-0.39, 0.29) is 17.7 Å². The Morgan fingerprint density at radius 3 is 2.74 bits per heavy atom. The fraction of sp³-hybridized carbons (Fsp3) is 0.769. The largest absolute Gasteiger partial charge is 0.303 e. The highest BCUT2D eigenvalue weighted by atomic mass is 32.2. The van der Waals surface area contributed by atoms with Crippen LogP contribution in [0.3, 0.4) is 0 Å². The van der Waals surface area contributed by atoms with Crippen LogP contribution in [0.15, 0.2) is 12.2 Å². The van der Waals surface area contributed by atoms with E-state index in [0.29, 0.717) is 13.1 Å². The lowest BCUT2D eigenvalue weighted by Crippen LogP contribution is -2.36. The first-order valence-electron chi connectivity index (χ1n) is 7.03. The van der Waals surface area contributed by atoms with Crippen molar-refractivity contribution in [1.29, 1.82) is 0 Å². The lowest BCUT2D eigenvalue weighted by Gasteiger charge is -2.05. The lowest BCUT2D eigenvalue weighted by atomic mass is 10.2. The fourth-order valence-electron chi connectivity index (χ4n) is 2.06. The quantitative estimate of drug-likeness (QED) is 0.417. The second-order valence-corrected chi connectivity index (χ2v) is 6.97. The molecule has 1 heterocycles. The van der Waals surface area contributed by atoms with Gasteiger partial charge in [-0.15, -0.1) is 0 Å². The number of carbonyl (C=O) groups is 1. The predicted molar refractivity (Wildman–Crippen MR) is 73.5 cm³/mol. The number of allylic oxidation sites excluding steroid dienone is 2. The third-order valence-corrected chi connectivity index (χ3v) is 5.01. The number of rotatable bonds is 8. The smallest absolute Gasteiger partial charge is 0.274 e. The first-order valence-corrected chi connectivity index (χ1v) is 8.47. The molecule has 0 radical (unpaired) electrons. The Morgan fingerprint density at radius 1 is 1.37 bits per heavy atom. The average molecular weight is 286 g/mol. The molecular formula is C13H22N2O3S. The van der Waals surface area contributed by atoms with Crippen LogP contribution in [0.25, 0.3) is 0 Å². The molecule has 1 saturated carbocycles. The van der Waals surface area contributed by atoms with Crippen molar-refractivity contribution < 1.29 is 13.2 Å². The van der Waals surface area contributed by atoms with Gasteiger partial charge in [-0.25, -0.2) is 4.72 Å². The van der Waals surface area contributed by atoms with Crippen LogP contribution in [0.5, 0.6) is 0 Å². The molecule has 1 saturated heterocycles. The van der Waals surface area contributed by atoms with Crippen LogP contribution in [-0.2, 0) is 15.0 Å². The summed E-state index contributed by atoms with van der Waals surface area (Å²) in [6, 6.07) is 0. The number of hydrogen-bond donors (Lipinski definition) is 1. The number of carbonyl (C=O) groups excluding carboxylic acids is 1. The second kappa shape index (κ2) is 6.05. The van der Waals surface area contributed by atoms with Crippen molar-refractivity contribution in [1.82, 2.24) is 9.03 Å². The summed E-state index contributed by atoms with van der Waals surface area (Å²) in [6.45, 7) is 3.21. The fourth-order valence-corrected chi connectivity index (χ4v) is 3.16. The Kier molecular flexibility index (Phi) is 4.62. The van der Waals surface area contributed by atoms with Gasteiger partial charge in [-0.3, -0.25) is 4.79 Å². The highest BCUT2D eigenvalue weighted by Crippen LogP contribution is 2.40.